The van der Waals surface area contributed by atoms with Crippen LogP contribution in [0.3, 0.4) is 0 Å². The number of nitrogens with zero attached hydrogens (tertiary/aromatic N) is 4. The topological polar surface area (TPSA) is 93.8 Å². The summed E-state index contributed by atoms with van der Waals surface area (Å²) in [4.78, 5) is 24.2. The summed E-state index contributed by atoms with van der Waals surface area (Å²) in [6, 6.07) is 8.60. The van der Waals surface area contributed by atoms with Crippen molar-refractivity contribution in [3.63, 3.8) is 0 Å². The Morgan fingerprint density at radius 2 is 1.78 bits per heavy atom. The van der Waals surface area contributed by atoms with Crippen LogP contribution in [0.5, 0.6) is 0 Å². The smallest absolute Gasteiger partial charge is 0.276 e. The standard InChI is InChI=1S/C18H19IN6O2/c1-12-15(19)11-20-25(12)10-8-17(26)21-13-3-5-14(6-4-13)22-18(27)16-7-9-24(2)23-16/h3-7,9,11H,8,10H2,1-2H3,(H,21,26)(H,22,27). The van der Waals surface area contributed by atoms with E-state index in [-0.39, 0.29) is 11.8 Å². The number of hydrogen-bond acceptors (Lipinski definition) is 4. The first kappa shape index (κ1) is 19.1. The molecule has 0 spiro atoms. The Labute approximate surface area is 170 Å². The van der Waals surface area contributed by atoms with Crippen molar-refractivity contribution < 1.29 is 9.59 Å². The number of aromatic nitrogens is 4. The van der Waals surface area contributed by atoms with Crippen molar-refractivity contribution in [3.8, 4) is 0 Å². The summed E-state index contributed by atoms with van der Waals surface area (Å²) in [6.45, 7) is 2.50. The van der Waals surface area contributed by atoms with Crippen molar-refractivity contribution in [2.45, 2.75) is 19.9 Å². The zero-order valence-corrected chi connectivity index (χ0v) is 17.1. The minimum Gasteiger partial charge on any atom is -0.326 e. The van der Waals surface area contributed by atoms with Crippen LogP contribution in [0.2, 0.25) is 0 Å². The lowest BCUT2D eigenvalue weighted by atomic mass is 10.2. The van der Waals surface area contributed by atoms with Crippen LogP contribution in [0.1, 0.15) is 22.6 Å². The summed E-state index contributed by atoms with van der Waals surface area (Å²) in [7, 11) is 1.75. The lowest BCUT2D eigenvalue weighted by molar-refractivity contribution is -0.116. The zero-order chi connectivity index (χ0) is 19.4. The van der Waals surface area contributed by atoms with Gasteiger partial charge in [-0.2, -0.15) is 10.2 Å². The van der Waals surface area contributed by atoms with Gasteiger partial charge in [0.25, 0.3) is 5.91 Å². The zero-order valence-electron chi connectivity index (χ0n) is 14.9. The molecule has 3 rings (SSSR count). The Morgan fingerprint density at radius 3 is 2.33 bits per heavy atom. The van der Waals surface area contributed by atoms with Crippen LogP contribution in [-0.2, 0) is 18.4 Å². The van der Waals surface area contributed by atoms with E-state index in [1.54, 1.807) is 54.5 Å². The molecule has 2 heterocycles. The van der Waals surface area contributed by atoms with Gasteiger partial charge in [-0.15, -0.1) is 0 Å². The number of nitrogens with one attached hydrogen (secondary N) is 2. The molecule has 0 atom stereocenters. The number of anilines is 2. The molecule has 2 aromatic heterocycles. The molecular weight excluding hydrogens is 459 g/mol. The van der Waals surface area contributed by atoms with Crippen LogP contribution in [-0.4, -0.2) is 31.4 Å². The average molecular weight is 478 g/mol. The molecule has 3 aromatic rings. The van der Waals surface area contributed by atoms with Crippen molar-refractivity contribution in [2.75, 3.05) is 10.6 Å². The highest BCUT2D eigenvalue weighted by molar-refractivity contribution is 14.1. The van der Waals surface area contributed by atoms with Gasteiger partial charge in [0, 0.05) is 36.7 Å². The van der Waals surface area contributed by atoms with Crippen molar-refractivity contribution >= 4 is 45.8 Å². The fourth-order valence-electron chi connectivity index (χ4n) is 2.45. The highest BCUT2D eigenvalue weighted by Crippen LogP contribution is 2.15. The summed E-state index contributed by atoms with van der Waals surface area (Å²) in [6.07, 6.45) is 3.82. The van der Waals surface area contributed by atoms with Crippen LogP contribution < -0.4 is 10.6 Å². The predicted octanol–water partition coefficient (Wildman–Crippen LogP) is 2.81. The van der Waals surface area contributed by atoms with E-state index < -0.39 is 0 Å². The van der Waals surface area contributed by atoms with Gasteiger partial charge in [-0.05, 0) is 59.8 Å². The molecule has 0 aliphatic heterocycles. The third-order valence-corrected chi connectivity index (χ3v) is 5.03. The molecule has 2 amide bonds. The van der Waals surface area contributed by atoms with Gasteiger partial charge >= 0.3 is 0 Å². The van der Waals surface area contributed by atoms with Gasteiger partial charge in [0.1, 0.15) is 0 Å². The van der Waals surface area contributed by atoms with Gasteiger partial charge in [0.05, 0.1) is 16.3 Å². The normalized spacial score (nSPS) is 10.6. The molecule has 0 aliphatic carbocycles. The van der Waals surface area contributed by atoms with Gasteiger partial charge in [-0.25, -0.2) is 0 Å². The Hall–Kier alpha value is -2.69. The molecule has 0 saturated heterocycles. The largest absolute Gasteiger partial charge is 0.326 e. The Kier molecular flexibility index (Phi) is 5.89. The fourth-order valence-corrected chi connectivity index (χ4v) is 2.85. The van der Waals surface area contributed by atoms with Crippen molar-refractivity contribution in [3.05, 3.63) is 57.7 Å². The second kappa shape index (κ2) is 8.33. The Bertz CT molecular complexity index is 961. The molecule has 0 fully saturated rings. The second-order valence-electron chi connectivity index (χ2n) is 6.01. The highest BCUT2D eigenvalue weighted by Gasteiger charge is 2.10. The van der Waals surface area contributed by atoms with Crippen LogP contribution in [0.25, 0.3) is 0 Å². The first-order valence-electron chi connectivity index (χ1n) is 8.31. The molecule has 0 bridgehead atoms. The van der Waals surface area contributed by atoms with E-state index in [9.17, 15) is 9.59 Å². The molecular formula is C18H19IN6O2. The SMILES string of the molecule is Cc1c(I)cnn1CCC(=O)Nc1ccc(NC(=O)c2ccn(C)n2)cc1. The summed E-state index contributed by atoms with van der Waals surface area (Å²) < 4.78 is 4.47. The van der Waals surface area contributed by atoms with Gasteiger partial charge in [0.2, 0.25) is 5.91 Å². The summed E-state index contributed by atoms with van der Waals surface area (Å²) in [5, 5.41) is 13.9. The summed E-state index contributed by atoms with van der Waals surface area (Å²) in [5.74, 6) is -0.373. The van der Waals surface area contributed by atoms with Crippen molar-refractivity contribution in [1.82, 2.24) is 19.6 Å². The van der Waals surface area contributed by atoms with E-state index in [1.807, 2.05) is 11.6 Å². The third-order valence-electron chi connectivity index (χ3n) is 3.97. The van der Waals surface area contributed by atoms with E-state index in [1.165, 1.54) is 0 Å². The van der Waals surface area contributed by atoms with Crippen molar-refractivity contribution in [1.29, 1.82) is 0 Å². The minimum absolute atomic E-state index is 0.0924. The highest BCUT2D eigenvalue weighted by atomic mass is 127. The molecule has 1 aromatic carbocycles. The van der Waals surface area contributed by atoms with Crippen molar-refractivity contribution in [2.24, 2.45) is 7.05 Å². The van der Waals surface area contributed by atoms with Crippen LogP contribution >= 0.6 is 22.6 Å². The molecule has 0 aliphatic rings. The van der Waals surface area contributed by atoms with Crippen LogP contribution in [0.15, 0.2) is 42.7 Å². The number of rotatable bonds is 6. The number of hydrogen-bond donors (Lipinski definition) is 2. The van der Waals surface area contributed by atoms with E-state index in [0.717, 1.165) is 9.26 Å². The molecule has 8 nitrogen and oxygen atoms in total. The number of carbonyl (C=O) groups excluding carboxylic acids is 2. The van der Waals surface area contributed by atoms with Crippen LogP contribution in [0.4, 0.5) is 11.4 Å². The molecule has 140 valence electrons. The number of benzene rings is 1. The van der Waals surface area contributed by atoms with Gasteiger partial charge in [0.15, 0.2) is 5.69 Å². The molecule has 9 heteroatoms. The van der Waals surface area contributed by atoms with E-state index in [2.05, 4.69) is 43.4 Å². The monoisotopic (exact) mass is 478 g/mol. The quantitative estimate of drug-likeness (QED) is 0.533. The molecule has 0 saturated carbocycles. The molecule has 0 radical (unpaired) electrons. The molecule has 0 unspecified atom stereocenters. The molecule has 27 heavy (non-hydrogen) atoms. The summed E-state index contributed by atoms with van der Waals surface area (Å²) >= 11 is 2.22. The Morgan fingerprint density at radius 1 is 1.11 bits per heavy atom. The number of amides is 2. The minimum atomic E-state index is -0.281. The van der Waals surface area contributed by atoms with E-state index in [0.29, 0.717) is 30.0 Å². The summed E-state index contributed by atoms with van der Waals surface area (Å²) in [5.41, 5.74) is 2.70. The fraction of sp³-hybridized carbons (Fsp3) is 0.222. The third kappa shape index (κ3) is 4.94. The van der Waals surface area contributed by atoms with Gasteiger partial charge in [-0.1, -0.05) is 0 Å². The molecule has 2 N–H and O–H groups in total. The Balaban J connectivity index is 1.51. The lowest BCUT2D eigenvalue weighted by Gasteiger charge is -2.08. The first-order valence-corrected chi connectivity index (χ1v) is 9.39. The maximum Gasteiger partial charge on any atom is 0.276 e. The van der Waals surface area contributed by atoms with E-state index >= 15 is 0 Å². The average Bonchev–Trinajstić information content (AvgIpc) is 3.22. The van der Waals surface area contributed by atoms with Gasteiger partial charge < -0.3 is 10.6 Å². The van der Waals surface area contributed by atoms with E-state index in [4.69, 9.17) is 0 Å². The maximum absolute atomic E-state index is 12.1. The second-order valence-corrected chi connectivity index (χ2v) is 7.17. The first-order chi connectivity index (χ1) is 12.9. The number of aryl methyl sites for hydroxylation is 2. The number of carbonyl (C=O) groups is 2. The predicted molar refractivity (Wildman–Crippen MR) is 111 cm³/mol. The maximum atomic E-state index is 12.1. The van der Waals surface area contributed by atoms with Gasteiger partial charge in [-0.3, -0.25) is 19.0 Å². The van der Waals surface area contributed by atoms with Crippen LogP contribution in [0, 0.1) is 10.5 Å². The number of halogens is 1. The lowest BCUT2D eigenvalue weighted by Crippen LogP contribution is -2.16.